The van der Waals surface area contributed by atoms with Crippen LogP contribution < -0.4 is 5.32 Å². The van der Waals surface area contributed by atoms with Crippen LogP contribution in [-0.2, 0) is 17.8 Å². The zero-order valence-corrected chi connectivity index (χ0v) is 19.2. The van der Waals surface area contributed by atoms with E-state index in [1.807, 2.05) is 24.3 Å². The van der Waals surface area contributed by atoms with Gasteiger partial charge >= 0.3 is 0 Å². The first-order valence-electron chi connectivity index (χ1n) is 10.7. The lowest BCUT2D eigenvalue weighted by Crippen LogP contribution is -2.23. The number of hydrogen-bond acceptors (Lipinski definition) is 4. The van der Waals surface area contributed by atoms with Crippen molar-refractivity contribution < 1.29 is 13.6 Å². The number of rotatable bonds is 6. The zero-order valence-electron chi connectivity index (χ0n) is 19.2. The van der Waals surface area contributed by atoms with E-state index in [-0.39, 0.29) is 17.6 Å². The minimum Gasteiger partial charge on any atom is -0.348 e. The van der Waals surface area contributed by atoms with E-state index >= 15 is 0 Å². The van der Waals surface area contributed by atoms with Crippen LogP contribution in [-0.4, -0.2) is 31.3 Å². The van der Waals surface area contributed by atoms with Gasteiger partial charge in [-0.1, -0.05) is 24.3 Å². The van der Waals surface area contributed by atoms with Gasteiger partial charge in [-0.3, -0.25) is 15.0 Å². The number of nitrogens with zero attached hydrogens (tertiary/aromatic N) is 3. The number of hydrogen-bond donors (Lipinski definition) is 3. The summed E-state index contributed by atoms with van der Waals surface area (Å²) in [5.41, 5.74) is 4.10. The molecule has 34 heavy (non-hydrogen) atoms. The van der Waals surface area contributed by atoms with Gasteiger partial charge < -0.3 is 5.32 Å². The number of allylic oxidation sites excluding steroid dienone is 3. The highest BCUT2D eigenvalue weighted by Gasteiger charge is 2.09. The smallest absolute Gasteiger partial charge is 0.246 e. The number of H-pyrrole nitrogens is 2. The van der Waals surface area contributed by atoms with E-state index in [4.69, 9.17) is 0 Å². The molecule has 0 aliphatic heterocycles. The van der Waals surface area contributed by atoms with Crippen LogP contribution in [0.1, 0.15) is 32.0 Å². The molecule has 0 saturated heterocycles. The molecule has 0 atom stereocenters. The van der Waals surface area contributed by atoms with Crippen LogP contribution in [0.25, 0.3) is 22.3 Å². The number of halogens is 2. The summed E-state index contributed by atoms with van der Waals surface area (Å²) >= 11 is 0. The van der Waals surface area contributed by atoms with E-state index in [2.05, 4.69) is 30.7 Å². The lowest BCUT2D eigenvalue weighted by Gasteiger charge is -2.06. The van der Waals surface area contributed by atoms with Gasteiger partial charge in [-0.05, 0) is 56.7 Å². The number of carbonyl (C=O) groups is 1. The average Bonchev–Trinajstić information content (AvgIpc) is 3.52. The van der Waals surface area contributed by atoms with Crippen LogP contribution in [0.4, 0.5) is 8.78 Å². The van der Waals surface area contributed by atoms with Gasteiger partial charge in [-0.25, -0.2) is 13.8 Å². The molecule has 0 unspecified atom stereocenters. The molecule has 1 amide bonds. The molecule has 2 heterocycles. The maximum atomic E-state index is 13.0. The van der Waals surface area contributed by atoms with Crippen LogP contribution in [0.5, 0.6) is 0 Å². The summed E-state index contributed by atoms with van der Waals surface area (Å²) in [4.78, 5) is 16.5. The summed E-state index contributed by atoms with van der Waals surface area (Å²) in [6, 6.07) is 11.9. The van der Waals surface area contributed by atoms with E-state index in [9.17, 15) is 13.6 Å². The Morgan fingerprint density at radius 1 is 1.12 bits per heavy atom. The molecule has 0 aliphatic carbocycles. The molecular weight excluding hydrogens is 438 g/mol. The molecule has 4 aromatic rings. The summed E-state index contributed by atoms with van der Waals surface area (Å²) in [5, 5.41) is 17.9. The molecule has 0 radical (unpaired) electrons. The minimum atomic E-state index is -0.297. The van der Waals surface area contributed by atoms with Crippen LogP contribution in [0.3, 0.4) is 0 Å². The van der Waals surface area contributed by atoms with Crippen LogP contribution >= 0.6 is 0 Å². The van der Waals surface area contributed by atoms with Crippen molar-refractivity contribution in [2.24, 2.45) is 0 Å². The Morgan fingerprint density at radius 2 is 1.85 bits per heavy atom. The molecule has 176 valence electrons. The average molecular weight is 465 g/mol. The van der Waals surface area contributed by atoms with Crippen LogP contribution in [0, 0.1) is 5.82 Å². The van der Waals surface area contributed by atoms with E-state index in [0.717, 1.165) is 27.7 Å². The van der Waals surface area contributed by atoms with E-state index in [1.54, 1.807) is 26.0 Å². The Labute approximate surface area is 196 Å². The molecule has 2 aromatic carbocycles. The number of fused-ring (bicyclic) bond motifs is 1. The largest absolute Gasteiger partial charge is 0.348 e. The van der Waals surface area contributed by atoms with Gasteiger partial charge in [0.25, 0.3) is 0 Å². The molecule has 3 N–H and O–H groups in total. The second-order valence-corrected chi connectivity index (χ2v) is 7.54. The number of aromatic amines is 2. The molecule has 0 fully saturated rings. The first kappa shape index (κ1) is 24.5. The third-order valence-corrected chi connectivity index (χ3v) is 5.06. The summed E-state index contributed by atoms with van der Waals surface area (Å²) in [6.07, 6.45) is 5.27. The second-order valence-electron chi connectivity index (χ2n) is 7.54. The van der Waals surface area contributed by atoms with Crippen molar-refractivity contribution in [1.29, 1.82) is 0 Å². The van der Waals surface area contributed by atoms with Gasteiger partial charge in [0.15, 0.2) is 5.82 Å². The predicted molar refractivity (Wildman–Crippen MR) is 128 cm³/mol. The molecule has 2 aromatic heterocycles. The van der Waals surface area contributed by atoms with Crippen molar-refractivity contribution in [2.75, 3.05) is 0 Å². The van der Waals surface area contributed by atoms with Gasteiger partial charge in [-0.15, -0.1) is 0 Å². The molecule has 4 rings (SSSR count). The van der Waals surface area contributed by atoms with Crippen molar-refractivity contribution in [3.63, 3.8) is 0 Å². The third-order valence-electron chi connectivity index (χ3n) is 5.06. The van der Waals surface area contributed by atoms with Crippen molar-refractivity contribution in [3.05, 3.63) is 89.4 Å². The number of aromatic nitrogens is 5. The maximum Gasteiger partial charge on any atom is 0.246 e. The molecule has 7 nitrogen and oxygen atoms in total. The molecule has 0 saturated carbocycles. The van der Waals surface area contributed by atoms with E-state index in [0.29, 0.717) is 24.4 Å². The Morgan fingerprint density at radius 3 is 2.50 bits per heavy atom. The monoisotopic (exact) mass is 464 g/mol. The maximum absolute atomic E-state index is 13.0. The highest BCUT2D eigenvalue weighted by atomic mass is 19.1. The topological polar surface area (TPSA) is 99.3 Å². The highest BCUT2D eigenvalue weighted by Crippen LogP contribution is 2.23. The van der Waals surface area contributed by atoms with Gasteiger partial charge in [-0.2, -0.15) is 10.2 Å². The normalized spacial score (nSPS) is 11.8. The Hall–Kier alpha value is -4.14. The van der Waals surface area contributed by atoms with Crippen molar-refractivity contribution >= 4 is 16.8 Å². The molecule has 9 heteroatoms. The van der Waals surface area contributed by atoms with E-state index < -0.39 is 0 Å². The Kier molecular flexibility index (Phi) is 8.39. The fourth-order valence-electron chi connectivity index (χ4n) is 2.98. The summed E-state index contributed by atoms with van der Waals surface area (Å²) in [6.45, 7) is 5.19. The SMILES string of the molecule is C/C(=C\Cc1[nH]nc2ccc(-c3ncn[nH]3)cc12)C(=O)NCc1ccc(F)cc1.C/C=C(\C)F. The lowest BCUT2D eigenvalue weighted by molar-refractivity contribution is -0.117. The van der Waals surface area contributed by atoms with Gasteiger partial charge in [0.2, 0.25) is 5.91 Å². The first-order valence-corrected chi connectivity index (χ1v) is 10.7. The fourth-order valence-corrected chi connectivity index (χ4v) is 2.98. The molecule has 0 bridgehead atoms. The van der Waals surface area contributed by atoms with Crippen LogP contribution in [0.2, 0.25) is 0 Å². The highest BCUT2D eigenvalue weighted by molar-refractivity contribution is 5.93. The van der Waals surface area contributed by atoms with Crippen molar-refractivity contribution in [2.45, 2.75) is 33.7 Å². The first-order chi connectivity index (χ1) is 16.4. The van der Waals surface area contributed by atoms with Crippen molar-refractivity contribution in [1.82, 2.24) is 30.7 Å². The zero-order chi connectivity index (χ0) is 24.5. The van der Waals surface area contributed by atoms with Crippen molar-refractivity contribution in [3.8, 4) is 11.4 Å². The molecule has 0 aliphatic rings. The Bertz CT molecular complexity index is 1290. The number of carbonyl (C=O) groups excluding carboxylic acids is 1. The minimum absolute atomic E-state index is 0.120. The number of benzene rings is 2. The summed E-state index contributed by atoms with van der Waals surface area (Å²) in [7, 11) is 0. The quantitative estimate of drug-likeness (QED) is 0.343. The predicted octanol–water partition coefficient (Wildman–Crippen LogP) is 5.17. The van der Waals surface area contributed by atoms with Gasteiger partial charge in [0.1, 0.15) is 12.1 Å². The Balaban J connectivity index is 0.000000588. The number of amides is 1. The lowest BCUT2D eigenvalue weighted by atomic mass is 10.1. The molecular formula is C25H26F2N6O. The van der Waals surface area contributed by atoms with Gasteiger partial charge in [0.05, 0.1) is 11.3 Å². The molecule has 0 spiro atoms. The summed E-state index contributed by atoms with van der Waals surface area (Å²) in [5.74, 6) is 0.103. The fraction of sp³-hybridized carbons (Fsp3) is 0.200. The second kappa shape index (κ2) is 11.6. The number of nitrogens with one attached hydrogen (secondary N) is 3. The third kappa shape index (κ3) is 6.68. The van der Waals surface area contributed by atoms with Gasteiger partial charge in [0, 0.05) is 35.2 Å². The summed E-state index contributed by atoms with van der Waals surface area (Å²) < 4.78 is 24.2. The standard InChI is InChI=1S/C21H19FN6O.C4H7F/c1-13(21(29)23-11-14-3-6-16(22)7-4-14)2-8-18-17-10-15(20-24-12-25-28-20)5-9-19(17)27-26-18;1-3-4(2)5/h2-7,9-10,12H,8,11H2,1H3,(H,23,29)(H,26,27)(H,24,25,28);3H,1-2H3/b13-2+;4-3+. The van der Waals surface area contributed by atoms with E-state index in [1.165, 1.54) is 31.5 Å². The van der Waals surface area contributed by atoms with Crippen LogP contribution in [0.15, 0.2) is 72.3 Å².